The number of nitrogens with zero attached hydrogens (tertiary/aromatic N) is 1. The summed E-state index contributed by atoms with van der Waals surface area (Å²) in [6.45, 7) is 3.17. The van der Waals surface area contributed by atoms with Crippen molar-refractivity contribution < 1.29 is 0 Å². The average Bonchev–Trinajstić information content (AvgIpc) is 2.33. The van der Waals surface area contributed by atoms with E-state index < -0.39 is 0 Å². The second-order valence-electron chi connectivity index (χ2n) is 3.77. The van der Waals surface area contributed by atoms with Crippen LogP contribution in [0.4, 0.5) is 5.69 Å². The Balaban J connectivity index is 2.35. The van der Waals surface area contributed by atoms with Gasteiger partial charge in [0.05, 0.1) is 10.5 Å². The first-order valence-electron chi connectivity index (χ1n) is 5.60. The fourth-order valence-electron chi connectivity index (χ4n) is 1.69. The van der Waals surface area contributed by atoms with E-state index in [-0.39, 0.29) is 0 Å². The highest BCUT2D eigenvalue weighted by atomic mass is 35.5. The molecule has 0 aliphatic heterocycles. The van der Waals surface area contributed by atoms with Crippen molar-refractivity contribution in [1.29, 1.82) is 0 Å². The van der Waals surface area contributed by atoms with Crippen molar-refractivity contribution in [3.63, 3.8) is 0 Å². The molecule has 1 N–H and O–H groups in total. The number of nitrogens with one attached hydrogen (secondary N) is 1. The van der Waals surface area contributed by atoms with Crippen LogP contribution in [-0.2, 0) is 0 Å². The molecule has 2 nitrogen and oxygen atoms in total. The van der Waals surface area contributed by atoms with Gasteiger partial charge < -0.3 is 5.32 Å². The minimum atomic E-state index is 0.705. The quantitative estimate of drug-likeness (QED) is 0.806. The highest BCUT2D eigenvalue weighted by Crippen LogP contribution is 2.27. The second-order valence-corrected chi connectivity index (χ2v) is 4.18. The summed E-state index contributed by atoms with van der Waals surface area (Å²) < 4.78 is 0. The first-order chi connectivity index (χ1) is 7.83. The summed E-state index contributed by atoms with van der Waals surface area (Å²) in [4.78, 5) is 4.30. The third-order valence-electron chi connectivity index (χ3n) is 2.57. The number of anilines is 1. The molecule has 2 rings (SSSR count). The van der Waals surface area contributed by atoms with Crippen molar-refractivity contribution in [3.05, 3.63) is 35.5 Å². The predicted octanol–water partition coefficient (Wildman–Crippen LogP) is 4.10. The topological polar surface area (TPSA) is 24.9 Å². The largest absolute Gasteiger partial charge is 0.384 e. The van der Waals surface area contributed by atoms with Gasteiger partial charge in [-0.3, -0.25) is 4.98 Å². The molecule has 84 valence electrons. The lowest BCUT2D eigenvalue weighted by Crippen LogP contribution is -2.01. The van der Waals surface area contributed by atoms with E-state index in [0.717, 1.165) is 23.1 Å². The molecule has 1 aromatic carbocycles. The molecule has 0 radical (unpaired) electrons. The molecule has 1 aromatic heterocycles. The number of rotatable bonds is 4. The van der Waals surface area contributed by atoms with Crippen LogP contribution in [0, 0.1) is 0 Å². The van der Waals surface area contributed by atoms with E-state index in [1.165, 1.54) is 12.8 Å². The summed E-state index contributed by atoms with van der Waals surface area (Å²) >= 11 is 6.10. The van der Waals surface area contributed by atoms with Gasteiger partial charge in [-0.05, 0) is 30.7 Å². The maximum absolute atomic E-state index is 6.10. The van der Waals surface area contributed by atoms with Crippen LogP contribution in [0.3, 0.4) is 0 Å². The summed E-state index contributed by atoms with van der Waals surface area (Å²) in [7, 11) is 0. The molecule has 1 heterocycles. The molecule has 2 aromatic rings. The molecule has 3 heteroatoms. The molecular formula is C13H15ClN2. The van der Waals surface area contributed by atoms with E-state index in [4.69, 9.17) is 11.6 Å². The Morgan fingerprint density at radius 3 is 3.00 bits per heavy atom. The van der Waals surface area contributed by atoms with Gasteiger partial charge in [0.1, 0.15) is 0 Å². The number of halogens is 1. The molecule has 0 saturated heterocycles. The van der Waals surface area contributed by atoms with E-state index in [1.54, 1.807) is 6.20 Å². The summed E-state index contributed by atoms with van der Waals surface area (Å²) in [5.74, 6) is 0. The maximum atomic E-state index is 6.10. The molecule has 0 saturated carbocycles. The molecule has 0 aliphatic rings. The Labute approximate surface area is 101 Å². The lowest BCUT2D eigenvalue weighted by atomic mass is 10.1. The molecule has 0 bridgehead atoms. The zero-order chi connectivity index (χ0) is 11.4. The summed E-state index contributed by atoms with van der Waals surface area (Å²) in [5, 5.41) is 5.21. The summed E-state index contributed by atoms with van der Waals surface area (Å²) in [6, 6.07) is 7.89. The smallest absolute Gasteiger partial charge is 0.0908 e. The molecule has 16 heavy (non-hydrogen) atoms. The van der Waals surface area contributed by atoms with Crippen molar-refractivity contribution in [2.45, 2.75) is 19.8 Å². The van der Waals surface area contributed by atoms with Crippen molar-refractivity contribution in [3.8, 4) is 0 Å². The normalized spacial score (nSPS) is 10.6. The van der Waals surface area contributed by atoms with Crippen LogP contribution in [0.1, 0.15) is 19.8 Å². The van der Waals surface area contributed by atoms with E-state index in [2.05, 4.69) is 17.2 Å². The first-order valence-corrected chi connectivity index (χ1v) is 5.98. The fraction of sp³-hybridized carbons (Fsp3) is 0.308. The second kappa shape index (κ2) is 5.17. The number of unbranched alkanes of at least 4 members (excludes halogenated alkanes) is 1. The Kier molecular flexibility index (Phi) is 3.62. The van der Waals surface area contributed by atoms with Gasteiger partial charge >= 0.3 is 0 Å². The Bertz CT molecular complexity index is 482. The number of hydrogen-bond acceptors (Lipinski definition) is 2. The Morgan fingerprint density at radius 1 is 1.31 bits per heavy atom. The molecule has 0 amide bonds. The SMILES string of the molecule is CCCCNc1ccc(Cl)c2ncccc12. The van der Waals surface area contributed by atoms with Gasteiger partial charge in [0.25, 0.3) is 0 Å². The lowest BCUT2D eigenvalue weighted by molar-refractivity contribution is 0.835. The van der Waals surface area contributed by atoms with Crippen molar-refractivity contribution in [2.75, 3.05) is 11.9 Å². The van der Waals surface area contributed by atoms with E-state index in [1.807, 2.05) is 24.3 Å². The van der Waals surface area contributed by atoms with Crippen molar-refractivity contribution in [2.24, 2.45) is 0 Å². The van der Waals surface area contributed by atoms with Crippen LogP contribution in [0.2, 0.25) is 5.02 Å². The molecule has 0 spiro atoms. The number of pyridine rings is 1. The van der Waals surface area contributed by atoms with Gasteiger partial charge in [-0.25, -0.2) is 0 Å². The average molecular weight is 235 g/mol. The fourth-order valence-corrected chi connectivity index (χ4v) is 1.91. The monoisotopic (exact) mass is 234 g/mol. The number of benzene rings is 1. The number of hydrogen-bond donors (Lipinski definition) is 1. The van der Waals surface area contributed by atoms with Crippen LogP contribution in [0.5, 0.6) is 0 Å². The molecular weight excluding hydrogens is 220 g/mol. The van der Waals surface area contributed by atoms with Crippen LogP contribution < -0.4 is 5.32 Å². The van der Waals surface area contributed by atoms with Crippen molar-refractivity contribution >= 4 is 28.2 Å². The molecule has 0 unspecified atom stereocenters. The standard InChI is InChI=1S/C13H15ClN2/c1-2-3-8-15-12-7-6-11(14)13-10(12)5-4-9-16-13/h4-7,9,15H,2-3,8H2,1H3. The summed E-state index contributed by atoms with van der Waals surface area (Å²) in [6.07, 6.45) is 4.13. The Hall–Kier alpha value is -1.28. The first kappa shape index (κ1) is 11.2. The minimum absolute atomic E-state index is 0.705. The van der Waals surface area contributed by atoms with Crippen molar-refractivity contribution in [1.82, 2.24) is 4.98 Å². The van der Waals surface area contributed by atoms with E-state index in [9.17, 15) is 0 Å². The van der Waals surface area contributed by atoms with Gasteiger partial charge in [0, 0.05) is 23.8 Å². The molecule has 0 fully saturated rings. The maximum Gasteiger partial charge on any atom is 0.0908 e. The lowest BCUT2D eigenvalue weighted by Gasteiger charge is -2.09. The minimum Gasteiger partial charge on any atom is -0.384 e. The van der Waals surface area contributed by atoms with Crippen LogP contribution >= 0.6 is 11.6 Å². The van der Waals surface area contributed by atoms with E-state index >= 15 is 0 Å². The van der Waals surface area contributed by atoms with Crippen LogP contribution in [-0.4, -0.2) is 11.5 Å². The van der Waals surface area contributed by atoms with Gasteiger partial charge in [-0.1, -0.05) is 24.9 Å². The van der Waals surface area contributed by atoms with Gasteiger partial charge in [-0.15, -0.1) is 0 Å². The number of aromatic nitrogens is 1. The predicted molar refractivity (Wildman–Crippen MR) is 70.2 cm³/mol. The van der Waals surface area contributed by atoms with Gasteiger partial charge in [0.2, 0.25) is 0 Å². The Morgan fingerprint density at radius 2 is 2.19 bits per heavy atom. The highest BCUT2D eigenvalue weighted by Gasteiger charge is 2.04. The van der Waals surface area contributed by atoms with Gasteiger partial charge in [0.15, 0.2) is 0 Å². The van der Waals surface area contributed by atoms with E-state index in [0.29, 0.717) is 5.02 Å². The zero-order valence-corrected chi connectivity index (χ0v) is 10.1. The third-order valence-corrected chi connectivity index (χ3v) is 2.87. The molecule has 0 aliphatic carbocycles. The number of fused-ring (bicyclic) bond motifs is 1. The highest BCUT2D eigenvalue weighted by molar-refractivity contribution is 6.35. The summed E-state index contributed by atoms with van der Waals surface area (Å²) in [5.41, 5.74) is 1.98. The third kappa shape index (κ3) is 2.27. The zero-order valence-electron chi connectivity index (χ0n) is 9.33. The van der Waals surface area contributed by atoms with Crippen LogP contribution in [0.15, 0.2) is 30.5 Å². The molecule has 0 atom stereocenters. The van der Waals surface area contributed by atoms with Crippen LogP contribution in [0.25, 0.3) is 10.9 Å². The van der Waals surface area contributed by atoms with Gasteiger partial charge in [-0.2, -0.15) is 0 Å².